The van der Waals surface area contributed by atoms with E-state index < -0.39 is 41.4 Å². The lowest BCUT2D eigenvalue weighted by molar-refractivity contribution is -0.146. The van der Waals surface area contributed by atoms with Gasteiger partial charge in [0.25, 0.3) is 11.8 Å². The van der Waals surface area contributed by atoms with Crippen molar-refractivity contribution in [2.75, 3.05) is 27.3 Å². The van der Waals surface area contributed by atoms with Gasteiger partial charge >= 0.3 is 12.1 Å². The zero-order chi connectivity index (χ0) is 23.1. The van der Waals surface area contributed by atoms with Crippen molar-refractivity contribution in [1.82, 2.24) is 15.5 Å². The summed E-state index contributed by atoms with van der Waals surface area (Å²) in [6.45, 7) is 6.50. The van der Waals surface area contributed by atoms with Crippen LogP contribution in [0, 0.1) is 0 Å². The molecule has 0 fully saturated rings. The second-order valence-corrected chi connectivity index (χ2v) is 7.50. The number of esters is 1. The van der Waals surface area contributed by atoms with Crippen LogP contribution in [-0.2, 0) is 33.4 Å². The maximum atomic E-state index is 12.8. The molecule has 0 aromatic rings. The number of rotatable bonds is 7. The van der Waals surface area contributed by atoms with Gasteiger partial charge in [-0.15, -0.1) is 0 Å². The Morgan fingerprint density at radius 3 is 2.33 bits per heavy atom. The van der Waals surface area contributed by atoms with Gasteiger partial charge in [-0.3, -0.25) is 19.3 Å². The van der Waals surface area contributed by atoms with E-state index in [2.05, 4.69) is 15.4 Å². The molecule has 0 unspecified atom stereocenters. The number of carbonyl (C=O) groups excluding carboxylic acids is 5. The monoisotopic (exact) mass is 427 g/mol. The highest BCUT2D eigenvalue weighted by Crippen LogP contribution is 2.21. The van der Waals surface area contributed by atoms with Gasteiger partial charge in [0.05, 0.1) is 14.2 Å². The molecular formula is C19H29N3O8. The van der Waals surface area contributed by atoms with Crippen molar-refractivity contribution in [3.8, 4) is 0 Å². The first-order chi connectivity index (χ1) is 13.9. The van der Waals surface area contributed by atoms with Crippen LogP contribution in [-0.4, -0.2) is 73.6 Å². The fourth-order valence-corrected chi connectivity index (χ4v) is 2.59. The highest BCUT2D eigenvalue weighted by molar-refractivity contribution is 6.22. The number of methoxy groups -OCH3 is 2. The summed E-state index contributed by atoms with van der Waals surface area (Å²) in [6.07, 6.45) is -0.706. The maximum Gasteiger partial charge on any atom is 0.407 e. The molecule has 4 amide bonds. The van der Waals surface area contributed by atoms with Crippen molar-refractivity contribution in [2.45, 2.75) is 52.2 Å². The summed E-state index contributed by atoms with van der Waals surface area (Å²) >= 11 is 0. The first-order valence-electron chi connectivity index (χ1n) is 9.38. The van der Waals surface area contributed by atoms with Crippen molar-refractivity contribution in [3.05, 3.63) is 11.3 Å². The van der Waals surface area contributed by atoms with Crippen LogP contribution in [0.15, 0.2) is 11.3 Å². The lowest BCUT2D eigenvalue weighted by Crippen LogP contribution is -2.48. The minimum absolute atomic E-state index is 0.0244. The van der Waals surface area contributed by atoms with E-state index in [0.29, 0.717) is 0 Å². The Morgan fingerprint density at radius 1 is 1.17 bits per heavy atom. The molecule has 1 rings (SSSR count). The Morgan fingerprint density at radius 2 is 1.80 bits per heavy atom. The van der Waals surface area contributed by atoms with E-state index in [1.54, 1.807) is 20.8 Å². The predicted octanol–water partition coefficient (Wildman–Crippen LogP) is 0.238. The van der Waals surface area contributed by atoms with Crippen molar-refractivity contribution in [1.29, 1.82) is 0 Å². The molecule has 1 aliphatic heterocycles. The Bertz CT molecular complexity index is 739. The molecule has 0 aromatic carbocycles. The Balaban J connectivity index is 2.78. The number of imide groups is 1. The molecule has 1 aliphatic rings. The summed E-state index contributed by atoms with van der Waals surface area (Å²) in [5, 5.41) is 4.79. The molecule has 0 radical (unpaired) electrons. The van der Waals surface area contributed by atoms with Gasteiger partial charge in [0.15, 0.2) is 0 Å². The summed E-state index contributed by atoms with van der Waals surface area (Å²) in [4.78, 5) is 61.8. The summed E-state index contributed by atoms with van der Waals surface area (Å²) in [5.41, 5.74) is -1.03. The molecule has 0 spiro atoms. The zero-order valence-corrected chi connectivity index (χ0v) is 18.1. The maximum absolute atomic E-state index is 12.8. The summed E-state index contributed by atoms with van der Waals surface area (Å²) in [7, 11) is 2.48. The van der Waals surface area contributed by atoms with E-state index in [1.165, 1.54) is 21.1 Å². The number of amides is 4. The second kappa shape index (κ2) is 10.6. The average Bonchev–Trinajstić information content (AvgIpc) is 2.64. The van der Waals surface area contributed by atoms with Crippen LogP contribution in [0.1, 0.15) is 40.5 Å². The number of alkyl carbamates (subject to hydrolysis) is 1. The highest BCUT2D eigenvalue weighted by atomic mass is 16.6. The smallest absolute Gasteiger partial charge is 0.407 e. The van der Waals surface area contributed by atoms with Gasteiger partial charge in [0.1, 0.15) is 23.0 Å². The van der Waals surface area contributed by atoms with Crippen LogP contribution in [0.2, 0.25) is 0 Å². The fourth-order valence-electron chi connectivity index (χ4n) is 2.59. The minimum Gasteiger partial charge on any atom is -0.500 e. The number of nitrogens with zero attached hydrogens (tertiary/aromatic N) is 1. The number of nitrogens with one attached hydrogen (secondary N) is 2. The summed E-state index contributed by atoms with van der Waals surface area (Å²) < 4.78 is 14.7. The lowest BCUT2D eigenvalue weighted by atomic mass is 10.0. The largest absolute Gasteiger partial charge is 0.500 e. The molecule has 0 saturated carbocycles. The molecule has 0 aliphatic carbocycles. The standard InChI is InChI=1S/C19H29N3O8/c1-11(17(26)29-6)21-15(24)14-12(28-5)8-10-22(16(14)25)13(23)7-9-20-18(27)30-19(2,3)4/h11H,7-10H2,1-6H3,(H,20,27)(H,21,24)/t11-/m0/s1. The van der Waals surface area contributed by atoms with Crippen LogP contribution in [0.4, 0.5) is 4.79 Å². The molecule has 2 N–H and O–H groups in total. The van der Waals surface area contributed by atoms with Crippen LogP contribution in [0.25, 0.3) is 0 Å². The van der Waals surface area contributed by atoms with Gasteiger partial charge < -0.3 is 24.8 Å². The number of hydrogen-bond donors (Lipinski definition) is 2. The first-order valence-corrected chi connectivity index (χ1v) is 9.38. The molecule has 1 heterocycles. The molecule has 30 heavy (non-hydrogen) atoms. The molecule has 11 heteroatoms. The molecular weight excluding hydrogens is 398 g/mol. The van der Waals surface area contributed by atoms with Crippen LogP contribution in [0.5, 0.6) is 0 Å². The Labute approximate surface area is 175 Å². The highest BCUT2D eigenvalue weighted by Gasteiger charge is 2.36. The van der Waals surface area contributed by atoms with E-state index in [4.69, 9.17) is 9.47 Å². The van der Waals surface area contributed by atoms with Crippen LogP contribution >= 0.6 is 0 Å². The van der Waals surface area contributed by atoms with Crippen molar-refractivity contribution >= 4 is 29.8 Å². The first kappa shape index (κ1) is 24.9. The summed E-state index contributed by atoms with van der Waals surface area (Å²) in [6, 6.07) is -0.995. The van der Waals surface area contributed by atoms with Crippen molar-refractivity contribution in [3.63, 3.8) is 0 Å². The number of hydrogen-bond acceptors (Lipinski definition) is 8. The summed E-state index contributed by atoms with van der Waals surface area (Å²) in [5.74, 6) is -2.83. The lowest BCUT2D eigenvalue weighted by Gasteiger charge is -2.28. The van der Waals surface area contributed by atoms with Gasteiger partial charge in [-0.25, -0.2) is 9.59 Å². The molecule has 168 valence electrons. The second-order valence-electron chi connectivity index (χ2n) is 7.50. The van der Waals surface area contributed by atoms with Gasteiger partial charge in [0, 0.05) is 25.9 Å². The SMILES string of the molecule is COC(=O)[C@H](C)NC(=O)C1=C(OC)CCN(C(=O)CCNC(=O)OC(C)(C)C)C1=O. The third-order valence-electron chi connectivity index (χ3n) is 3.98. The number of carbonyl (C=O) groups is 5. The van der Waals surface area contributed by atoms with Gasteiger partial charge in [-0.05, 0) is 27.7 Å². The normalized spacial score (nSPS) is 15.3. The van der Waals surface area contributed by atoms with Gasteiger partial charge in [-0.1, -0.05) is 0 Å². The molecule has 11 nitrogen and oxygen atoms in total. The fraction of sp³-hybridized carbons (Fsp3) is 0.632. The van der Waals surface area contributed by atoms with E-state index >= 15 is 0 Å². The van der Waals surface area contributed by atoms with Crippen LogP contribution < -0.4 is 10.6 Å². The van der Waals surface area contributed by atoms with E-state index in [1.807, 2.05) is 0 Å². The number of ether oxygens (including phenoxy) is 3. The average molecular weight is 427 g/mol. The quantitative estimate of drug-likeness (QED) is 0.435. The minimum atomic E-state index is -0.995. The van der Waals surface area contributed by atoms with Gasteiger partial charge in [0.2, 0.25) is 5.91 Å². The molecule has 1 atom stereocenters. The topological polar surface area (TPSA) is 140 Å². The van der Waals surface area contributed by atoms with Gasteiger partial charge in [-0.2, -0.15) is 0 Å². The van der Waals surface area contributed by atoms with Crippen molar-refractivity contribution < 1.29 is 38.2 Å². The zero-order valence-electron chi connectivity index (χ0n) is 18.1. The van der Waals surface area contributed by atoms with Crippen LogP contribution in [0.3, 0.4) is 0 Å². The Hall–Kier alpha value is -3.11. The van der Waals surface area contributed by atoms with E-state index in [0.717, 1.165) is 4.90 Å². The van der Waals surface area contributed by atoms with E-state index in [9.17, 15) is 24.0 Å². The van der Waals surface area contributed by atoms with E-state index in [-0.39, 0.29) is 37.3 Å². The third kappa shape index (κ3) is 7.05. The third-order valence-corrected chi connectivity index (χ3v) is 3.98. The predicted molar refractivity (Wildman–Crippen MR) is 104 cm³/mol. The molecule has 0 aromatic heterocycles. The Kier molecular flexibility index (Phi) is 8.81. The molecule has 0 bridgehead atoms. The molecule has 0 saturated heterocycles. The van der Waals surface area contributed by atoms with Crippen molar-refractivity contribution in [2.24, 2.45) is 0 Å².